The molecule has 31 heavy (non-hydrogen) atoms. The minimum atomic E-state index is -0.400. The zero-order valence-electron chi connectivity index (χ0n) is 17.9. The second kappa shape index (κ2) is 7.76. The summed E-state index contributed by atoms with van der Waals surface area (Å²) in [6.45, 7) is 6.97. The number of piperidine rings is 1. The van der Waals surface area contributed by atoms with Crippen molar-refractivity contribution in [3.63, 3.8) is 0 Å². The van der Waals surface area contributed by atoms with Gasteiger partial charge in [0, 0.05) is 36.1 Å². The van der Waals surface area contributed by atoms with Crippen LogP contribution in [0.2, 0.25) is 0 Å². The second-order valence-corrected chi connectivity index (χ2v) is 9.02. The Kier molecular flexibility index (Phi) is 5.24. The fourth-order valence-electron chi connectivity index (χ4n) is 3.84. The number of aromatic nitrogens is 3. The summed E-state index contributed by atoms with van der Waals surface area (Å²) in [7, 11) is 0. The summed E-state index contributed by atoms with van der Waals surface area (Å²) in [5.74, 6) is -1.19. The summed E-state index contributed by atoms with van der Waals surface area (Å²) in [6, 6.07) is 9.83. The number of hydrogen-bond acceptors (Lipinski definition) is 4. The zero-order valence-corrected chi connectivity index (χ0v) is 17.9. The van der Waals surface area contributed by atoms with Gasteiger partial charge in [0.2, 0.25) is 5.91 Å². The lowest BCUT2D eigenvalue weighted by atomic mass is 9.93. The molecule has 2 amide bonds. The molecule has 0 unspecified atom stereocenters. The Balaban J connectivity index is 1.79. The number of nitrogens with zero attached hydrogens (tertiary/aromatic N) is 4. The van der Waals surface area contributed by atoms with E-state index in [2.05, 4.69) is 10.1 Å². The van der Waals surface area contributed by atoms with Crippen LogP contribution in [0.25, 0.3) is 16.9 Å². The second-order valence-electron chi connectivity index (χ2n) is 9.02. The summed E-state index contributed by atoms with van der Waals surface area (Å²) in [5, 5.41) is 4.65. The SMILES string of the molecule is CC(C)(C)c1cc2nc(C(=O)N3CCC(C(N)=O)CC3)cc(-c3ccccc3F)n2n1. The molecule has 0 atom stereocenters. The fraction of sp³-hybridized carbons (Fsp3) is 0.391. The summed E-state index contributed by atoms with van der Waals surface area (Å²) in [5.41, 5.74) is 7.49. The van der Waals surface area contributed by atoms with Gasteiger partial charge in [-0.2, -0.15) is 5.10 Å². The van der Waals surface area contributed by atoms with Gasteiger partial charge in [-0.1, -0.05) is 32.9 Å². The molecular formula is C23H26FN5O2. The van der Waals surface area contributed by atoms with Crippen LogP contribution in [0.1, 0.15) is 49.8 Å². The summed E-state index contributed by atoms with van der Waals surface area (Å²) >= 11 is 0. The predicted molar refractivity (Wildman–Crippen MR) is 115 cm³/mol. The number of carbonyl (C=O) groups excluding carboxylic acids is 2. The van der Waals surface area contributed by atoms with Gasteiger partial charge in [-0.25, -0.2) is 13.9 Å². The van der Waals surface area contributed by atoms with E-state index in [1.54, 1.807) is 33.7 Å². The maximum atomic E-state index is 14.6. The topological polar surface area (TPSA) is 93.6 Å². The molecule has 0 radical (unpaired) electrons. The van der Waals surface area contributed by atoms with Crippen LogP contribution in [0.3, 0.4) is 0 Å². The van der Waals surface area contributed by atoms with Crippen LogP contribution < -0.4 is 5.73 Å². The molecule has 162 valence electrons. The molecule has 1 saturated heterocycles. The van der Waals surface area contributed by atoms with Crippen LogP contribution in [-0.2, 0) is 10.2 Å². The van der Waals surface area contributed by atoms with Crippen molar-refractivity contribution in [2.45, 2.75) is 39.0 Å². The van der Waals surface area contributed by atoms with Gasteiger partial charge >= 0.3 is 0 Å². The highest BCUT2D eigenvalue weighted by molar-refractivity contribution is 5.94. The Morgan fingerprint density at radius 3 is 2.42 bits per heavy atom. The first-order valence-electron chi connectivity index (χ1n) is 10.4. The zero-order chi connectivity index (χ0) is 22.3. The van der Waals surface area contributed by atoms with Crippen molar-refractivity contribution in [1.82, 2.24) is 19.5 Å². The molecule has 7 nitrogen and oxygen atoms in total. The van der Waals surface area contributed by atoms with Crippen LogP contribution in [0, 0.1) is 11.7 Å². The Bertz CT molecular complexity index is 1160. The van der Waals surface area contributed by atoms with Crippen LogP contribution in [-0.4, -0.2) is 44.4 Å². The van der Waals surface area contributed by atoms with Gasteiger partial charge in [0.05, 0.1) is 11.4 Å². The average molecular weight is 423 g/mol. The third-order valence-electron chi connectivity index (χ3n) is 5.75. The maximum Gasteiger partial charge on any atom is 0.272 e. The molecule has 4 rings (SSSR count). The molecule has 0 spiro atoms. The normalized spacial score (nSPS) is 15.4. The third-order valence-corrected chi connectivity index (χ3v) is 5.75. The van der Waals surface area contributed by atoms with Gasteiger partial charge < -0.3 is 10.6 Å². The fourth-order valence-corrected chi connectivity index (χ4v) is 3.84. The van der Waals surface area contributed by atoms with E-state index < -0.39 is 5.82 Å². The Morgan fingerprint density at radius 1 is 1.13 bits per heavy atom. The van der Waals surface area contributed by atoms with E-state index in [1.165, 1.54) is 6.07 Å². The van der Waals surface area contributed by atoms with E-state index in [1.807, 2.05) is 26.8 Å². The van der Waals surface area contributed by atoms with Crippen molar-refractivity contribution < 1.29 is 14.0 Å². The number of hydrogen-bond donors (Lipinski definition) is 1. The minimum absolute atomic E-state index is 0.211. The lowest BCUT2D eigenvalue weighted by Gasteiger charge is -2.30. The van der Waals surface area contributed by atoms with E-state index >= 15 is 0 Å². The highest BCUT2D eigenvalue weighted by atomic mass is 19.1. The lowest BCUT2D eigenvalue weighted by Crippen LogP contribution is -2.42. The Hall–Kier alpha value is -3.29. The van der Waals surface area contributed by atoms with Crippen molar-refractivity contribution in [2.75, 3.05) is 13.1 Å². The van der Waals surface area contributed by atoms with Gasteiger partial charge in [-0.3, -0.25) is 9.59 Å². The summed E-state index contributed by atoms with van der Waals surface area (Å²) < 4.78 is 16.2. The van der Waals surface area contributed by atoms with Crippen LogP contribution >= 0.6 is 0 Å². The van der Waals surface area contributed by atoms with Crippen molar-refractivity contribution in [3.05, 3.63) is 53.6 Å². The Labute approximate surface area is 180 Å². The number of halogens is 1. The predicted octanol–water partition coefficient (Wildman–Crippen LogP) is 3.17. The number of amides is 2. The molecular weight excluding hydrogens is 397 g/mol. The minimum Gasteiger partial charge on any atom is -0.369 e. The standard InChI is InChI=1S/C23H26FN5O2/c1-23(2,3)19-13-20-26-17(22(31)28-10-8-14(9-11-28)21(25)30)12-18(29(20)27-19)15-6-4-5-7-16(15)24/h4-7,12-14H,8-11H2,1-3H3,(H2,25,30). The van der Waals surface area contributed by atoms with Gasteiger partial charge in [0.25, 0.3) is 5.91 Å². The molecule has 0 saturated carbocycles. The molecule has 1 fully saturated rings. The molecule has 3 aromatic rings. The first-order valence-corrected chi connectivity index (χ1v) is 10.4. The van der Waals surface area contributed by atoms with Gasteiger partial charge in [-0.05, 0) is 31.0 Å². The number of rotatable bonds is 3. The first kappa shape index (κ1) is 21.0. The number of fused-ring (bicyclic) bond motifs is 1. The third kappa shape index (κ3) is 4.02. The van der Waals surface area contributed by atoms with Crippen molar-refractivity contribution in [3.8, 4) is 11.3 Å². The molecule has 1 aliphatic heterocycles. The number of benzene rings is 1. The number of carbonyl (C=O) groups is 2. The smallest absolute Gasteiger partial charge is 0.272 e. The van der Waals surface area contributed by atoms with E-state index in [4.69, 9.17) is 5.73 Å². The van der Waals surface area contributed by atoms with Crippen molar-refractivity contribution >= 4 is 17.5 Å². The molecule has 2 aromatic heterocycles. The van der Waals surface area contributed by atoms with Gasteiger partial charge in [-0.15, -0.1) is 0 Å². The van der Waals surface area contributed by atoms with Crippen LogP contribution in [0.5, 0.6) is 0 Å². The van der Waals surface area contributed by atoms with E-state index in [0.29, 0.717) is 42.8 Å². The van der Waals surface area contributed by atoms with E-state index in [9.17, 15) is 14.0 Å². The molecule has 2 N–H and O–H groups in total. The average Bonchev–Trinajstić information content (AvgIpc) is 3.18. The molecule has 8 heteroatoms. The van der Waals surface area contributed by atoms with Gasteiger partial charge in [0.15, 0.2) is 5.65 Å². The lowest BCUT2D eigenvalue weighted by molar-refractivity contribution is -0.123. The van der Waals surface area contributed by atoms with E-state index in [-0.39, 0.29) is 28.8 Å². The van der Waals surface area contributed by atoms with Crippen molar-refractivity contribution in [1.29, 1.82) is 0 Å². The highest BCUT2D eigenvalue weighted by Gasteiger charge is 2.28. The largest absolute Gasteiger partial charge is 0.369 e. The number of primary amides is 1. The molecule has 1 aliphatic rings. The molecule has 0 bridgehead atoms. The summed E-state index contributed by atoms with van der Waals surface area (Å²) in [4.78, 5) is 30.9. The highest BCUT2D eigenvalue weighted by Crippen LogP contribution is 2.28. The number of nitrogens with two attached hydrogens (primary N) is 1. The van der Waals surface area contributed by atoms with E-state index in [0.717, 1.165) is 5.69 Å². The molecule has 0 aliphatic carbocycles. The number of likely N-dealkylation sites (tertiary alicyclic amines) is 1. The van der Waals surface area contributed by atoms with Crippen LogP contribution in [0.4, 0.5) is 4.39 Å². The molecule has 3 heterocycles. The quantitative estimate of drug-likeness (QED) is 0.700. The summed E-state index contributed by atoms with van der Waals surface area (Å²) in [6.07, 6.45) is 1.06. The maximum absolute atomic E-state index is 14.6. The Morgan fingerprint density at radius 2 is 1.81 bits per heavy atom. The first-order chi connectivity index (χ1) is 14.6. The van der Waals surface area contributed by atoms with Crippen molar-refractivity contribution in [2.24, 2.45) is 11.7 Å². The van der Waals surface area contributed by atoms with Gasteiger partial charge in [0.1, 0.15) is 11.5 Å². The monoisotopic (exact) mass is 423 g/mol. The van der Waals surface area contributed by atoms with Crippen LogP contribution in [0.15, 0.2) is 36.4 Å². The molecule has 1 aromatic carbocycles.